The maximum atomic E-state index is 11.2. The number of nitrogens with zero attached hydrogens (tertiary/aromatic N) is 2. The molecular weight excluding hydrogens is 172 g/mol. The predicted molar refractivity (Wildman–Crippen MR) is 48.3 cm³/mol. The van der Waals surface area contributed by atoms with Crippen molar-refractivity contribution in [2.24, 2.45) is 0 Å². The number of esters is 1. The highest BCUT2D eigenvalue weighted by atomic mass is 16.5. The third kappa shape index (κ3) is 4.35. The van der Waals surface area contributed by atoms with E-state index in [0.717, 1.165) is 0 Å². The Kier molecular flexibility index (Phi) is 4.87. The molecule has 5 heteroatoms. The Morgan fingerprint density at radius 2 is 1.77 bits per heavy atom. The van der Waals surface area contributed by atoms with Gasteiger partial charge in [0.1, 0.15) is 6.54 Å². The van der Waals surface area contributed by atoms with Crippen molar-refractivity contribution in [2.75, 3.05) is 34.3 Å². The van der Waals surface area contributed by atoms with Gasteiger partial charge in [-0.1, -0.05) is 0 Å². The number of likely N-dealkylation sites (N-methyl/N-ethyl adjacent to an activating group) is 1. The molecule has 0 spiro atoms. The summed E-state index contributed by atoms with van der Waals surface area (Å²) < 4.78 is 4.69. The summed E-state index contributed by atoms with van der Waals surface area (Å²) in [7, 11) is 4.81. The number of ether oxygens (including phenoxy) is 1. The average molecular weight is 188 g/mol. The molecule has 0 saturated carbocycles. The first-order chi connectivity index (χ1) is 5.99. The van der Waals surface area contributed by atoms with Gasteiger partial charge in [0.05, 0.1) is 6.61 Å². The van der Waals surface area contributed by atoms with E-state index in [-0.39, 0.29) is 18.5 Å². The molecular formula is C8H16N2O3. The number of carbonyl (C=O) groups excluding carboxylic acids is 2. The van der Waals surface area contributed by atoms with E-state index in [4.69, 9.17) is 4.74 Å². The lowest BCUT2D eigenvalue weighted by Gasteiger charge is -2.20. The smallest absolute Gasteiger partial charge is 0.325 e. The fourth-order valence-corrected chi connectivity index (χ4v) is 0.809. The largest absolute Gasteiger partial charge is 0.465 e. The van der Waals surface area contributed by atoms with Gasteiger partial charge < -0.3 is 14.5 Å². The molecule has 0 heterocycles. The molecule has 0 N–H and O–H groups in total. The van der Waals surface area contributed by atoms with Crippen LogP contribution in [0.3, 0.4) is 0 Å². The second-order valence-electron chi connectivity index (χ2n) is 2.84. The number of hydrogen-bond acceptors (Lipinski definition) is 3. The van der Waals surface area contributed by atoms with Gasteiger partial charge in [0.2, 0.25) is 0 Å². The number of rotatable bonds is 3. The zero-order valence-electron chi connectivity index (χ0n) is 8.53. The first-order valence-electron chi connectivity index (χ1n) is 4.07. The van der Waals surface area contributed by atoms with Crippen LogP contribution in [-0.2, 0) is 9.53 Å². The summed E-state index contributed by atoms with van der Waals surface area (Å²) in [6.07, 6.45) is 0. The van der Waals surface area contributed by atoms with E-state index in [1.807, 2.05) is 0 Å². The first-order valence-corrected chi connectivity index (χ1v) is 4.07. The monoisotopic (exact) mass is 188 g/mol. The van der Waals surface area contributed by atoms with Crippen molar-refractivity contribution in [1.82, 2.24) is 9.80 Å². The molecule has 0 unspecified atom stereocenters. The fraction of sp³-hybridized carbons (Fsp3) is 0.750. The van der Waals surface area contributed by atoms with E-state index >= 15 is 0 Å². The summed E-state index contributed by atoms with van der Waals surface area (Å²) in [4.78, 5) is 24.9. The molecule has 0 aromatic rings. The van der Waals surface area contributed by atoms with Gasteiger partial charge in [-0.3, -0.25) is 4.79 Å². The molecule has 13 heavy (non-hydrogen) atoms. The maximum Gasteiger partial charge on any atom is 0.325 e. The Labute approximate surface area is 78.3 Å². The zero-order chi connectivity index (χ0) is 10.4. The first kappa shape index (κ1) is 11.7. The molecule has 0 aliphatic carbocycles. The van der Waals surface area contributed by atoms with Crippen LogP contribution in [0.4, 0.5) is 4.79 Å². The van der Waals surface area contributed by atoms with Crippen LogP contribution in [0.2, 0.25) is 0 Å². The quantitative estimate of drug-likeness (QED) is 0.593. The molecule has 0 saturated heterocycles. The summed E-state index contributed by atoms with van der Waals surface area (Å²) >= 11 is 0. The maximum absolute atomic E-state index is 11.2. The van der Waals surface area contributed by atoms with Gasteiger partial charge in [0, 0.05) is 21.1 Å². The molecule has 5 nitrogen and oxygen atoms in total. The Balaban J connectivity index is 3.92. The molecule has 0 fully saturated rings. The van der Waals surface area contributed by atoms with Gasteiger partial charge in [0.15, 0.2) is 0 Å². The van der Waals surface area contributed by atoms with Crippen LogP contribution in [0.25, 0.3) is 0 Å². The highest BCUT2D eigenvalue weighted by Crippen LogP contribution is 1.91. The Hall–Kier alpha value is -1.26. The van der Waals surface area contributed by atoms with Crippen molar-refractivity contribution >= 4 is 12.0 Å². The van der Waals surface area contributed by atoms with Gasteiger partial charge in [0.25, 0.3) is 0 Å². The van der Waals surface area contributed by atoms with E-state index in [2.05, 4.69) is 0 Å². The summed E-state index contributed by atoms with van der Waals surface area (Å²) in [5.41, 5.74) is 0. The lowest BCUT2D eigenvalue weighted by molar-refractivity contribution is -0.143. The van der Waals surface area contributed by atoms with E-state index < -0.39 is 0 Å². The van der Waals surface area contributed by atoms with Crippen LogP contribution >= 0.6 is 0 Å². The fourth-order valence-electron chi connectivity index (χ4n) is 0.809. The topological polar surface area (TPSA) is 49.9 Å². The molecule has 2 amide bonds. The zero-order valence-corrected chi connectivity index (χ0v) is 8.53. The van der Waals surface area contributed by atoms with Crippen molar-refractivity contribution < 1.29 is 14.3 Å². The van der Waals surface area contributed by atoms with E-state index in [1.165, 1.54) is 9.80 Å². The predicted octanol–water partition coefficient (Wildman–Crippen LogP) is 0.163. The molecule has 0 atom stereocenters. The summed E-state index contributed by atoms with van der Waals surface area (Å²) in [6.45, 7) is 2.05. The Morgan fingerprint density at radius 1 is 1.23 bits per heavy atom. The molecule has 0 rings (SSSR count). The van der Waals surface area contributed by atoms with Gasteiger partial charge >= 0.3 is 12.0 Å². The summed E-state index contributed by atoms with van der Waals surface area (Å²) in [5, 5.41) is 0. The molecule has 0 aliphatic rings. The van der Waals surface area contributed by atoms with Crippen molar-refractivity contribution in [3.63, 3.8) is 0 Å². The Morgan fingerprint density at radius 3 is 2.15 bits per heavy atom. The summed E-state index contributed by atoms with van der Waals surface area (Å²) in [6, 6.07) is -0.215. The second-order valence-corrected chi connectivity index (χ2v) is 2.84. The van der Waals surface area contributed by atoms with Gasteiger partial charge in [-0.2, -0.15) is 0 Å². The molecule has 0 aromatic heterocycles. The van der Waals surface area contributed by atoms with E-state index in [0.29, 0.717) is 6.61 Å². The van der Waals surface area contributed by atoms with Crippen molar-refractivity contribution in [3.05, 3.63) is 0 Å². The highest BCUT2D eigenvalue weighted by Gasteiger charge is 2.14. The molecule has 0 radical (unpaired) electrons. The Bertz CT molecular complexity index is 192. The van der Waals surface area contributed by atoms with Crippen LogP contribution in [0, 0.1) is 0 Å². The third-order valence-electron chi connectivity index (χ3n) is 1.38. The lowest BCUT2D eigenvalue weighted by atomic mass is 10.5. The average Bonchev–Trinajstić information content (AvgIpc) is 2.03. The van der Waals surface area contributed by atoms with Crippen LogP contribution in [-0.4, -0.2) is 56.1 Å². The number of urea groups is 1. The van der Waals surface area contributed by atoms with Crippen LogP contribution in [0.15, 0.2) is 0 Å². The lowest BCUT2D eigenvalue weighted by Crippen LogP contribution is -2.39. The van der Waals surface area contributed by atoms with E-state index in [1.54, 1.807) is 28.1 Å². The molecule has 0 aromatic carbocycles. The number of hydrogen-bond donors (Lipinski definition) is 0. The summed E-state index contributed by atoms with van der Waals surface area (Å²) in [5.74, 6) is -0.389. The van der Waals surface area contributed by atoms with Gasteiger partial charge in [-0.25, -0.2) is 4.79 Å². The second kappa shape index (κ2) is 5.40. The van der Waals surface area contributed by atoms with Gasteiger partial charge in [-0.15, -0.1) is 0 Å². The minimum Gasteiger partial charge on any atom is -0.465 e. The standard InChI is InChI=1S/C8H16N2O3/c1-5-13-7(11)6-10(4)8(12)9(2)3/h5-6H2,1-4H3. The SMILES string of the molecule is CCOC(=O)CN(C)C(=O)N(C)C. The van der Waals surface area contributed by atoms with Crippen LogP contribution in [0.5, 0.6) is 0 Å². The third-order valence-corrected chi connectivity index (χ3v) is 1.38. The normalized spacial score (nSPS) is 9.23. The minimum atomic E-state index is -0.389. The minimum absolute atomic E-state index is 0.00907. The van der Waals surface area contributed by atoms with Crippen molar-refractivity contribution in [1.29, 1.82) is 0 Å². The number of amides is 2. The van der Waals surface area contributed by atoms with E-state index in [9.17, 15) is 9.59 Å². The van der Waals surface area contributed by atoms with Crippen molar-refractivity contribution in [3.8, 4) is 0 Å². The number of carbonyl (C=O) groups is 2. The molecule has 0 bridgehead atoms. The van der Waals surface area contributed by atoms with Crippen molar-refractivity contribution in [2.45, 2.75) is 6.92 Å². The van der Waals surface area contributed by atoms with Crippen LogP contribution < -0.4 is 0 Å². The highest BCUT2D eigenvalue weighted by molar-refractivity contribution is 5.80. The molecule has 76 valence electrons. The molecule has 0 aliphatic heterocycles. The van der Waals surface area contributed by atoms with Gasteiger partial charge in [-0.05, 0) is 6.92 Å². The van der Waals surface area contributed by atoms with Crippen LogP contribution in [0.1, 0.15) is 6.92 Å².